The highest BCUT2D eigenvalue weighted by Gasteiger charge is 2.07. The van der Waals surface area contributed by atoms with E-state index in [1.165, 1.54) is 0 Å². The molecule has 1 unspecified atom stereocenters. The zero-order chi connectivity index (χ0) is 10.9. The van der Waals surface area contributed by atoms with Crippen molar-refractivity contribution in [3.8, 4) is 0 Å². The van der Waals surface area contributed by atoms with E-state index < -0.39 is 0 Å². The third-order valence-electron chi connectivity index (χ3n) is 2.58. The van der Waals surface area contributed by atoms with Crippen LogP contribution in [-0.4, -0.2) is 11.7 Å². The van der Waals surface area contributed by atoms with Gasteiger partial charge in [0.1, 0.15) is 0 Å². The first-order valence-corrected chi connectivity index (χ1v) is 5.64. The van der Waals surface area contributed by atoms with Crippen LogP contribution in [0.25, 0.3) is 0 Å². The molecule has 0 saturated heterocycles. The first kappa shape index (κ1) is 12.0. The smallest absolute Gasteiger partial charge is 0.0433 e. The van der Waals surface area contributed by atoms with Crippen LogP contribution in [0.4, 0.5) is 0 Å². The summed E-state index contributed by atoms with van der Waals surface area (Å²) in [5.74, 6) is 1.02. The topological polar surface area (TPSA) is 20.2 Å². The predicted octanol–water partition coefficient (Wildman–Crippen LogP) is 3.25. The number of aliphatic hydroxyl groups excluding tert-OH is 1. The van der Waals surface area contributed by atoms with Gasteiger partial charge in [0.25, 0.3) is 0 Å². The summed E-state index contributed by atoms with van der Waals surface area (Å²) < 4.78 is 0. The maximum absolute atomic E-state index is 8.65. The molecule has 0 amide bonds. The summed E-state index contributed by atoms with van der Waals surface area (Å²) in [5, 5.41) is 8.65. The molecule has 1 aliphatic rings. The van der Waals surface area contributed by atoms with Crippen molar-refractivity contribution in [1.82, 2.24) is 0 Å². The molecule has 0 spiro atoms. The standard InChI is InChI=1S/C14H20O/c1-13(9-5-4-8-12-15)14-10-6-2-3-7-11-14/h2-3,5-7,9-11,13-15H,4,8,12H2,1H3/b9-5-. The van der Waals surface area contributed by atoms with E-state index in [4.69, 9.17) is 5.11 Å². The molecule has 1 atom stereocenters. The average molecular weight is 204 g/mol. The summed E-state index contributed by atoms with van der Waals surface area (Å²) in [7, 11) is 0. The van der Waals surface area contributed by atoms with Gasteiger partial charge in [-0.3, -0.25) is 0 Å². The van der Waals surface area contributed by atoms with Crippen molar-refractivity contribution in [3.63, 3.8) is 0 Å². The monoisotopic (exact) mass is 204 g/mol. The summed E-state index contributed by atoms with van der Waals surface area (Å²) >= 11 is 0. The molecular weight excluding hydrogens is 184 g/mol. The molecule has 82 valence electrons. The summed E-state index contributed by atoms with van der Waals surface area (Å²) in [5.41, 5.74) is 0. The van der Waals surface area contributed by atoms with Gasteiger partial charge in [-0.05, 0) is 18.8 Å². The number of hydrogen-bond donors (Lipinski definition) is 1. The lowest BCUT2D eigenvalue weighted by Crippen LogP contribution is -2.02. The summed E-state index contributed by atoms with van der Waals surface area (Å²) in [6.45, 7) is 2.51. The second-order valence-electron chi connectivity index (χ2n) is 3.89. The van der Waals surface area contributed by atoms with Crippen molar-refractivity contribution in [3.05, 3.63) is 48.6 Å². The molecule has 0 heterocycles. The van der Waals surface area contributed by atoms with E-state index in [-0.39, 0.29) is 6.61 Å². The van der Waals surface area contributed by atoms with E-state index in [9.17, 15) is 0 Å². The van der Waals surface area contributed by atoms with Crippen LogP contribution in [0.2, 0.25) is 0 Å². The second-order valence-corrected chi connectivity index (χ2v) is 3.89. The highest BCUT2D eigenvalue weighted by atomic mass is 16.2. The lowest BCUT2D eigenvalue weighted by atomic mass is 9.93. The fourth-order valence-corrected chi connectivity index (χ4v) is 1.58. The van der Waals surface area contributed by atoms with Crippen LogP contribution in [0.3, 0.4) is 0 Å². The maximum atomic E-state index is 8.65. The first-order valence-electron chi connectivity index (χ1n) is 5.64. The Hall–Kier alpha value is -1.08. The van der Waals surface area contributed by atoms with Crippen molar-refractivity contribution >= 4 is 0 Å². The van der Waals surface area contributed by atoms with Crippen molar-refractivity contribution in [2.24, 2.45) is 11.8 Å². The molecule has 0 aromatic carbocycles. The van der Waals surface area contributed by atoms with Crippen molar-refractivity contribution in [2.75, 3.05) is 6.61 Å². The van der Waals surface area contributed by atoms with Gasteiger partial charge >= 0.3 is 0 Å². The Morgan fingerprint density at radius 2 is 1.87 bits per heavy atom. The minimum absolute atomic E-state index is 0.284. The molecule has 0 aliphatic heterocycles. The molecule has 1 rings (SSSR count). The van der Waals surface area contributed by atoms with Gasteiger partial charge in [0.05, 0.1) is 0 Å². The zero-order valence-corrected chi connectivity index (χ0v) is 9.34. The lowest BCUT2D eigenvalue weighted by Gasteiger charge is -2.12. The minimum Gasteiger partial charge on any atom is -0.396 e. The molecule has 15 heavy (non-hydrogen) atoms. The Morgan fingerprint density at radius 1 is 1.20 bits per heavy atom. The Kier molecular flexibility index (Phi) is 5.79. The van der Waals surface area contributed by atoms with E-state index in [1.54, 1.807) is 0 Å². The van der Waals surface area contributed by atoms with Crippen LogP contribution in [-0.2, 0) is 0 Å². The van der Waals surface area contributed by atoms with Gasteiger partial charge in [0.2, 0.25) is 0 Å². The summed E-state index contributed by atoms with van der Waals surface area (Å²) in [6.07, 6.45) is 19.0. The van der Waals surface area contributed by atoms with Crippen molar-refractivity contribution in [1.29, 1.82) is 0 Å². The lowest BCUT2D eigenvalue weighted by molar-refractivity contribution is 0.289. The normalized spacial score (nSPS) is 18.5. The first-order chi connectivity index (χ1) is 7.34. The predicted molar refractivity (Wildman–Crippen MR) is 65.5 cm³/mol. The molecule has 1 nitrogen and oxygen atoms in total. The number of rotatable bonds is 5. The fourth-order valence-electron chi connectivity index (χ4n) is 1.58. The van der Waals surface area contributed by atoms with E-state index in [1.807, 2.05) is 0 Å². The van der Waals surface area contributed by atoms with Crippen LogP contribution in [0, 0.1) is 11.8 Å². The van der Waals surface area contributed by atoms with E-state index in [2.05, 4.69) is 55.5 Å². The quantitative estimate of drug-likeness (QED) is 0.538. The third-order valence-corrected chi connectivity index (χ3v) is 2.58. The second kappa shape index (κ2) is 7.24. The average Bonchev–Trinajstić information content (AvgIpc) is 2.52. The van der Waals surface area contributed by atoms with E-state index >= 15 is 0 Å². The van der Waals surface area contributed by atoms with Gasteiger partial charge in [0.15, 0.2) is 0 Å². The Labute approximate surface area is 92.5 Å². The SMILES string of the molecule is CC(/C=C\CCCO)C1C=CC=CC=C1. The van der Waals surface area contributed by atoms with Crippen LogP contribution >= 0.6 is 0 Å². The molecule has 0 aromatic rings. The molecule has 0 bridgehead atoms. The zero-order valence-electron chi connectivity index (χ0n) is 9.34. The molecule has 0 saturated carbocycles. The number of unbranched alkanes of at least 4 members (excludes halogenated alkanes) is 1. The molecule has 0 aromatic heterocycles. The fraction of sp³-hybridized carbons (Fsp3) is 0.429. The summed E-state index contributed by atoms with van der Waals surface area (Å²) in [4.78, 5) is 0. The van der Waals surface area contributed by atoms with E-state index in [0.29, 0.717) is 11.8 Å². The highest BCUT2D eigenvalue weighted by Crippen LogP contribution is 2.18. The molecule has 1 aliphatic carbocycles. The Bertz CT molecular complexity index is 255. The molecule has 0 radical (unpaired) electrons. The highest BCUT2D eigenvalue weighted by molar-refractivity contribution is 5.21. The maximum Gasteiger partial charge on any atom is 0.0433 e. The van der Waals surface area contributed by atoms with E-state index in [0.717, 1.165) is 12.8 Å². The van der Waals surface area contributed by atoms with Gasteiger partial charge in [-0.25, -0.2) is 0 Å². The van der Waals surface area contributed by atoms with Gasteiger partial charge < -0.3 is 5.11 Å². The molecule has 0 fully saturated rings. The minimum atomic E-state index is 0.284. The third kappa shape index (κ3) is 4.80. The number of aliphatic hydroxyl groups is 1. The molecule has 1 heteroatoms. The largest absolute Gasteiger partial charge is 0.396 e. The van der Waals surface area contributed by atoms with Crippen molar-refractivity contribution < 1.29 is 5.11 Å². The Balaban J connectivity index is 2.39. The van der Waals surface area contributed by atoms with Crippen LogP contribution in [0.5, 0.6) is 0 Å². The molecule has 1 N–H and O–H groups in total. The number of allylic oxidation sites excluding steroid dienone is 8. The van der Waals surface area contributed by atoms with Gasteiger partial charge in [-0.2, -0.15) is 0 Å². The Morgan fingerprint density at radius 3 is 2.47 bits per heavy atom. The van der Waals surface area contributed by atoms with Gasteiger partial charge in [0, 0.05) is 12.5 Å². The van der Waals surface area contributed by atoms with Gasteiger partial charge in [-0.15, -0.1) is 0 Å². The summed E-state index contributed by atoms with van der Waals surface area (Å²) in [6, 6.07) is 0. The van der Waals surface area contributed by atoms with Crippen molar-refractivity contribution in [2.45, 2.75) is 19.8 Å². The van der Waals surface area contributed by atoms with Crippen LogP contribution < -0.4 is 0 Å². The van der Waals surface area contributed by atoms with Crippen LogP contribution in [0.1, 0.15) is 19.8 Å². The van der Waals surface area contributed by atoms with Gasteiger partial charge in [-0.1, -0.05) is 55.5 Å². The number of hydrogen-bond acceptors (Lipinski definition) is 1. The van der Waals surface area contributed by atoms with Crippen LogP contribution in [0.15, 0.2) is 48.6 Å². The molecular formula is C14H20O.